The number of benzene rings is 1. The minimum Gasteiger partial charge on any atom is -0.480 e. The van der Waals surface area contributed by atoms with Crippen molar-refractivity contribution < 1.29 is 9.90 Å². The van der Waals surface area contributed by atoms with Gasteiger partial charge in [-0.05, 0) is 23.8 Å². The molecule has 0 amide bonds. The molecule has 0 unspecified atom stereocenters. The van der Waals surface area contributed by atoms with Crippen LogP contribution in [0.3, 0.4) is 0 Å². The van der Waals surface area contributed by atoms with Crippen molar-refractivity contribution in [2.45, 2.75) is 12.5 Å². The van der Waals surface area contributed by atoms with E-state index in [1.165, 1.54) is 0 Å². The predicted octanol–water partition coefficient (Wildman–Crippen LogP) is 2.18. The number of pyridine rings is 1. The maximum absolute atomic E-state index is 10.9. The number of rotatable bonds is 4. The second-order valence-electron chi connectivity index (χ2n) is 4.94. The lowest BCUT2D eigenvalue weighted by molar-refractivity contribution is -0.138. The number of aromatic nitrogens is 2. The summed E-state index contributed by atoms with van der Waals surface area (Å²) in [5, 5.41) is 9.89. The zero-order chi connectivity index (χ0) is 14.8. The number of carboxylic acid groups (broad SMARTS) is 1. The molecule has 0 aliphatic heterocycles. The fourth-order valence-electron chi connectivity index (χ4n) is 2.37. The van der Waals surface area contributed by atoms with Crippen molar-refractivity contribution in [3.63, 3.8) is 0 Å². The summed E-state index contributed by atoms with van der Waals surface area (Å²) in [7, 11) is 0. The number of hydrogen-bond acceptors (Lipinski definition) is 3. The zero-order valence-electron chi connectivity index (χ0n) is 11.3. The molecular formula is C16H15N3O2. The van der Waals surface area contributed by atoms with E-state index in [-0.39, 0.29) is 0 Å². The monoisotopic (exact) mass is 281 g/mol. The molecule has 0 aliphatic rings. The molecule has 5 heteroatoms. The molecule has 0 saturated carbocycles. The van der Waals surface area contributed by atoms with Gasteiger partial charge in [-0.25, -0.2) is 0 Å². The summed E-state index contributed by atoms with van der Waals surface area (Å²) in [6.45, 7) is 0. The van der Waals surface area contributed by atoms with Crippen LogP contribution in [0.4, 0.5) is 0 Å². The largest absolute Gasteiger partial charge is 0.480 e. The Balaban J connectivity index is 1.96. The van der Waals surface area contributed by atoms with Crippen LogP contribution in [0.15, 0.2) is 48.8 Å². The third-order valence-corrected chi connectivity index (χ3v) is 3.49. The molecule has 1 atom stereocenters. The van der Waals surface area contributed by atoms with Crippen LogP contribution in [-0.4, -0.2) is 27.1 Å². The number of nitrogens with one attached hydrogen (secondary N) is 1. The molecule has 0 radical (unpaired) electrons. The van der Waals surface area contributed by atoms with Gasteiger partial charge in [-0.1, -0.05) is 18.2 Å². The number of hydrogen-bond donors (Lipinski definition) is 3. The Morgan fingerprint density at radius 1 is 1.33 bits per heavy atom. The van der Waals surface area contributed by atoms with E-state index in [2.05, 4.69) is 9.97 Å². The minimum atomic E-state index is -0.991. The molecule has 0 spiro atoms. The molecule has 106 valence electrons. The first-order valence-electron chi connectivity index (χ1n) is 6.65. The number of aromatic amines is 1. The van der Waals surface area contributed by atoms with E-state index in [9.17, 15) is 4.79 Å². The molecule has 0 aliphatic carbocycles. The van der Waals surface area contributed by atoms with Crippen molar-refractivity contribution in [2.24, 2.45) is 5.73 Å². The summed E-state index contributed by atoms with van der Waals surface area (Å²) in [5.74, 6) is -0.991. The highest BCUT2D eigenvalue weighted by atomic mass is 16.4. The van der Waals surface area contributed by atoms with E-state index >= 15 is 0 Å². The Kier molecular flexibility index (Phi) is 3.41. The van der Waals surface area contributed by atoms with Crippen molar-refractivity contribution in [3.8, 4) is 11.3 Å². The smallest absolute Gasteiger partial charge is 0.320 e. The van der Waals surface area contributed by atoms with E-state index in [1.807, 2.05) is 42.6 Å². The normalized spacial score (nSPS) is 12.4. The maximum atomic E-state index is 10.9. The number of fused-ring (bicyclic) bond motifs is 1. The lowest BCUT2D eigenvalue weighted by Gasteiger charge is -2.05. The Labute approximate surface area is 121 Å². The predicted molar refractivity (Wildman–Crippen MR) is 80.8 cm³/mol. The lowest BCUT2D eigenvalue weighted by Crippen LogP contribution is -2.32. The van der Waals surface area contributed by atoms with Crippen LogP contribution >= 0.6 is 0 Å². The molecular weight excluding hydrogens is 266 g/mol. The van der Waals surface area contributed by atoms with Crippen molar-refractivity contribution in [3.05, 3.63) is 54.4 Å². The van der Waals surface area contributed by atoms with Crippen molar-refractivity contribution in [1.29, 1.82) is 0 Å². The summed E-state index contributed by atoms with van der Waals surface area (Å²) in [6.07, 6.45) is 3.87. The molecule has 2 heterocycles. The van der Waals surface area contributed by atoms with Gasteiger partial charge in [0.1, 0.15) is 6.04 Å². The third kappa shape index (κ3) is 2.64. The maximum Gasteiger partial charge on any atom is 0.320 e. The van der Waals surface area contributed by atoms with Gasteiger partial charge in [0.05, 0.1) is 5.69 Å². The lowest BCUT2D eigenvalue weighted by atomic mass is 10.0. The molecule has 5 nitrogen and oxygen atoms in total. The highest BCUT2D eigenvalue weighted by molar-refractivity contribution is 5.88. The van der Waals surface area contributed by atoms with Gasteiger partial charge in [0.2, 0.25) is 0 Å². The molecule has 3 aromatic rings. The van der Waals surface area contributed by atoms with Crippen LogP contribution in [-0.2, 0) is 11.2 Å². The average Bonchev–Trinajstić information content (AvgIpc) is 2.90. The number of nitrogens with zero attached hydrogens (tertiary/aromatic N) is 1. The molecule has 1 aromatic carbocycles. The van der Waals surface area contributed by atoms with E-state index in [0.29, 0.717) is 6.42 Å². The summed E-state index contributed by atoms with van der Waals surface area (Å²) in [5.41, 5.74) is 9.37. The molecule has 0 fully saturated rings. The van der Waals surface area contributed by atoms with Gasteiger partial charge >= 0.3 is 5.97 Å². The van der Waals surface area contributed by atoms with Crippen LogP contribution in [0.1, 0.15) is 5.56 Å². The Morgan fingerprint density at radius 2 is 2.19 bits per heavy atom. The average molecular weight is 281 g/mol. The molecule has 3 rings (SSSR count). The Hall–Kier alpha value is -2.66. The number of H-pyrrole nitrogens is 1. The van der Waals surface area contributed by atoms with Gasteiger partial charge in [0, 0.05) is 35.3 Å². The summed E-state index contributed by atoms with van der Waals surface area (Å²) >= 11 is 0. The van der Waals surface area contributed by atoms with E-state index in [4.69, 9.17) is 10.8 Å². The van der Waals surface area contributed by atoms with Gasteiger partial charge in [0.15, 0.2) is 0 Å². The minimum absolute atomic E-state index is 0.304. The first kappa shape index (κ1) is 13.3. The van der Waals surface area contributed by atoms with Crippen LogP contribution < -0.4 is 5.73 Å². The fourth-order valence-corrected chi connectivity index (χ4v) is 2.37. The van der Waals surface area contributed by atoms with Crippen LogP contribution in [0, 0.1) is 0 Å². The first-order valence-corrected chi connectivity index (χ1v) is 6.65. The number of carbonyl (C=O) groups is 1. The van der Waals surface area contributed by atoms with Crippen LogP contribution in [0.25, 0.3) is 22.2 Å². The molecule has 4 N–H and O–H groups in total. The highest BCUT2D eigenvalue weighted by Crippen LogP contribution is 2.25. The van der Waals surface area contributed by atoms with E-state index < -0.39 is 12.0 Å². The Bertz CT molecular complexity index is 781. The summed E-state index contributed by atoms with van der Waals surface area (Å²) in [6, 6.07) is 10.8. The van der Waals surface area contributed by atoms with Crippen LogP contribution in [0.5, 0.6) is 0 Å². The van der Waals surface area contributed by atoms with Crippen LogP contribution in [0.2, 0.25) is 0 Å². The number of nitrogens with two attached hydrogens (primary N) is 1. The number of carboxylic acids is 1. The molecule has 0 saturated heterocycles. The topological polar surface area (TPSA) is 92.0 Å². The quantitative estimate of drug-likeness (QED) is 0.683. The molecule has 0 bridgehead atoms. The van der Waals surface area contributed by atoms with Crippen molar-refractivity contribution >= 4 is 16.9 Å². The van der Waals surface area contributed by atoms with E-state index in [1.54, 1.807) is 6.20 Å². The SMILES string of the molecule is N[C@@H](Cc1c[nH]c2cc(-c3ccccn3)ccc12)C(=O)O. The second kappa shape index (κ2) is 5.38. The zero-order valence-corrected chi connectivity index (χ0v) is 11.3. The van der Waals surface area contributed by atoms with E-state index in [0.717, 1.165) is 27.7 Å². The van der Waals surface area contributed by atoms with Gasteiger partial charge < -0.3 is 15.8 Å². The molecule has 21 heavy (non-hydrogen) atoms. The molecule has 2 aromatic heterocycles. The van der Waals surface area contributed by atoms with Crippen molar-refractivity contribution in [2.75, 3.05) is 0 Å². The highest BCUT2D eigenvalue weighted by Gasteiger charge is 2.15. The summed E-state index contributed by atoms with van der Waals surface area (Å²) in [4.78, 5) is 18.3. The van der Waals surface area contributed by atoms with Crippen molar-refractivity contribution in [1.82, 2.24) is 9.97 Å². The summed E-state index contributed by atoms with van der Waals surface area (Å²) < 4.78 is 0. The fraction of sp³-hybridized carbons (Fsp3) is 0.125. The third-order valence-electron chi connectivity index (χ3n) is 3.49. The standard InChI is InChI=1S/C16H15N3O2/c17-13(16(20)21)7-11-9-19-15-8-10(4-5-12(11)15)14-3-1-2-6-18-14/h1-6,8-9,13,19H,7,17H2,(H,20,21)/t13-/m0/s1. The Morgan fingerprint density at radius 3 is 2.90 bits per heavy atom. The first-order chi connectivity index (χ1) is 10.1. The van der Waals surface area contributed by atoms with Gasteiger partial charge in [0.25, 0.3) is 0 Å². The number of aliphatic carboxylic acids is 1. The second-order valence-corrected chi connectivity index (χ2v) is 4.94. The van der Waals surface area contributed by atoms with Gasteiger partial charge in [-0.2, -0.15) is 0 Å². The van der Waals surface area contributed by atoms with Gasteiger partial charge in [-0.3, -0.25) is 9.78 Å². The van der Waals surface area contributed by atoms with Gasteiger partial charge in [-0.15, -0.1) is 0 Å².